The minimum Gasteiger partial charge on any atom is -0.493 e. The van der Waals surface area contributed by atoms with Gasteiger partial charge >= 0.3 is 6.03 Å². The Morgan fingerprint density at radius 2 is 1.67 bits per heavy atom. The van der Waals surface area contributed by atoms with Gasteiger partial charge in [-0.15, -0.1) is 0 Å². The van der Waals surface area contributed by atoms with Crippen LogP contribution in [0.2, 0.25) is 0 Å². The smallest absolute Gasteiger partial charge is 0.322 e. The molecular weight excluding hydrogens is 565 g/mol. The van der Waals surface area contributed by atoms with Crippen LogP contribution in [0.15, 0.2) is 65.6 Å². The number of benzene rings is 3. The Hall–Kier alpha value is -3.59. The maximum absolute atomic E-state index is 14.9. The molecule has 0 spiro atoms. The van der Waals surface area contributed by atoms with Gasteiger partial charge in [-0.1, -0.05) is 71.1 Å². The van der Waals surface area contributed by atoms with E-state index >= 15 is 0 Å². The number of hydrogen-bond donors (Lipinski definition) is 2. The molecule has 3 aromatic carbocycles. The Morgan fingerprint density at radius 3 is 2.37 bits per heavy atom. The van der Waals surface area contributed by atoms with Crippen molar-refractivity contribution in [3.63, 3.8) is 0 Å². The molecule has 5 rings (SSSR count). The number of hydrogen-bond acceptors (Lipinski definition) is 4. The molecule has 9 heteroatoms. The van der Waals surface area contributed by atoms with Gasteiger partial charge in [0, 0.05) is 24.8 Å². The highest BCUT2D eigenvalue weighted by Crippen LogP contribution is 2.30. The van der Waals surface area contributed by atoms with Crippen molar-refractivity contribution < 1.29 is 22.3 Å². The van der Waals surface area contributed by atoms with Gasteiger partial charge in [0.15, 0.2) is 5.82 Å². The summed E-state index contributed by atoms with van der Waals surface area (Å²) in [6.07, 6.45) is 8.56. The highest BCUT2D eigenvalue weighted by atomic mass is 32.2. The first-order valence-electron chi connectivity index (χ1n) is 15.2. The highest BCUT2D eigenvalue weighted by Gasteiger charge is 2.26. The molecule has 0 aromatic heterocycles. The van der Waals surface area contributed by atoms with Crippen molar-refractivity contribution in [2.45, 2.75) is 89.1 Å². The second kappa shape index (κ2) is 13.0. The molecule has 1 saturated carbocycles. The lowest BCUT2D eigenvalue weighted by molar-refractivity contribution is 0.212. The predicted molar refractivity (Wildman–Crippen MR) is 168 cm³/mol. The van der Waals surface area contributed by atoms with Crippen LogP contribution in [0.1, 0.15) is 82.4 Å². The number of carbonyl (C=O) groups excluding carboxylic acids is 1. The normalized spacial score (nSPS) is 15.7. The van der Waals surface area contributed by atoms with E-state index in [1.54, 1.807) is 23.1 Å². The fourth-order valence-corrected chi connectivity index (χ4v) is 6.97. The van der Waals surface area contributed by atoms with E-state index in [-0.39, 0.29) is 28.6 Å². The number of nitrogens with one attached hydrogen (secondary N) is 2. The molecule has 0 unspecified atom stereocenters. The van der Waals surface area contributed by atoms with Gasteiger partial charge in [0.25, 0.3) is 10.0 Å². The molecule has 0 atom stereocenters. The van der Waals surface area contributed by atoms with Crippen LogP contribution in [0.25, 0.3) is 0 Å². The number of fused-ring (bicyclic) bond motifs is 1. The van der Waals surface area contributed by atoms with Crippen LogP contribution in [-0.2, 0) is 28.5 Å². The van der Waals surface area contributed by atoms with Gasteiger partial charge in [0.2, 0.25) is 0 Å². The van der Waals surface area contributed by atoms with E-state index in [0.717, 1.165) is 29.9 Å². The van der Waals surface area contributed by atoms with Gasteiger partial charge in [-0.2, -0.15) is 0 Å². The van der Waals surface area contributed by atoms with Crippen LogP contribution in [0.3, 0.4) is 0 Å². The van der Waals surface area contributed by atoms with E-state index in [1.165, 1.54) is 55.9 Å². The summed E-state index contributed by atoms with van der Waals surface area (Å²) in [5.74, 6) is 0.444. The fraction of sp³-hybridized carbons (Fsp3) is 0.441. The highest BCUT2D eigenvalue weighted by molar-refractivity contribution is 7.92. The Morgan fingerprint density at radius 1 is 0.953 bits per heavy atom. The molecule has 0 radical (unpaired) electrons. The molecule has 1 heterocycles. The predicted octanol–water partition coefficient (Wildman–Crippen LogP) is 8.21. The summed E-state index contributed by atoms with van der Waals surface area (Å²) in [6.45, 7) is 7.54. The molecule has 0 bridgehead atoms. The van der Waals surface area contributed by atoms with Crippen molar-refractivity contribution in [2.24, 2.45) is 5.92 Å². The second-order valence-corrected chi connectivity index (χ2v) is 14.5. The Kier molecular flexibility index (Phi) is 9.30. The first-order valence-corrected chi connectivity index (χ1v) is 16.7. The van der Waals surface area contributed by atoms with E-state index < -0.39 is 15.8 Å². The van der Waals surface area contributed by atoms with Gasteiger partial charge in [-0.05, 0) is 77.3 Å². The number of ether oxygens (including phenoxy) is 1. The van der Waals surface area contributed by atoms with E-state index in [0.29, 0.717) is 24.6 Å². The Labute approximate surface area is 254 Å². The van der Waals surface area contributed by atoms with Gasteiger partial charge in [0.1, 0.15) is 5.75 Å². The summed E-state index contributed by atoms with van der Waals surface area (Å²) in [4.78, 5) is 14.6. The summed E-state index contributed by atoms with van der Waals surface area (Å²) in [7, 11) is -4.06. The largest absolute Gasteiger partial charge is 0.493 e. The van der Waals surface area contributed by atoms with Crippen LogP contribution in [0.5, 0.6) is 5.75 Å². The molecule has 1 fully saturated rings. The van der Waals surface area contributed by atoms with Gasteiger partial charge in [-0.25, -0.2) is 17.6 Å². The number of sulfonamides is 1. The minimum atomic E-state index is -4.06. The van der Waals surface area contributed by atoms with Crippen LogP contribution >= 0.6 is 0 Å². The lowest BCUT2D eigenvalue weighted by Crippen LogP contribution is -2.30. The molecule has 1 aliphatic carbocycles. The first kappa shape index (κ1) is 30.9. The maximum Gasteiger partial charge on any atom is 0.322 e. The standard InChI is InChI=1S/C34H42FN3O4S/c1-34(2,3)27-12-14-28(15-13-27)36-33(39)38-22-25-11-17-30(20-26(25)23-38)43(40,41)37-32-18-16-29(21-31(32)35)42-19-7-10-24-8-5-4-6-9-24/h11-18,20-21,24,37H,4-10,19,22-23H2,1-3H3,(H,36,39). The zero-order valence-corrected chi connectivity index (χ0v) is 26.1. The number of carbonyl (C=O) groups is 1. The van der Waals surface area contributed by atoms with E-state index in [4.69, 9.17) is 4.74 Å². The number of rotatable bonds is 9. The number of anilines is 2. The summed E-state index contributed by atoms with van der Waals surface area (Å²) in [5, 5.41) is 2.92. The molecule has 3 aromatic rings. The van der Waals surface area contributed by atoms with Crippen LogP contribution < -0.4 is 14.8 Å². The van der Waals surface area contributed by atoms with E-state index in [2.05, 4.69) is 30.8 Å². The quantitative estimate of drug-likeness (QED) is 0.240. The summed E-state index contributed by atoms with van der Waals surface area (Å²) in [5.41, 5.74) is 3.34. The van der Waals surface area contributed by atoms with Crippen LogP contribution in [-0.4, -0.2) is 26.0 Å². The van der Waals surface area contributed by atoms with E-state index in [1.807, 2.05) is 24.3 Å². The minimum absolute atomic E-state index is 0.00807. The Bertz CT molecular complexity index is 1540. The molecule has 7 nitrogen and oxygen atoms in total. The van der Waals surface area contributed by atoms with Gasteiger partial charge in [0.05, 0.1) is 17.2 Å². The molecule has 43 heavy (non-hydrogen) atoms. The zero-order valence-electron chi connectivity index (χ0n) is 25.3. The molecule has 2 N–H and O–H groups in total. The van der Waals surface area contributed by atoms with E-state index in [9.17, 15) is 17.6 Å². The van der Waals surface area contributed by atoms with Crippen molar-refractivity contribution in [3.05, 3.63) is 83.2 Å². The van der Waals surface area contributed by atoms with Crippen molar-refractivity contribution in [3.8, 4) is 5.75 Å². The van der Waals surface area contributed by atoms with Crippen LogP contribution in [0, 0.1) is 11.7 Å². The topological polar surface area (TPSA) is 87.7 Å². The summed E-state index contributed by atoms with van der Waals surface area (Å²) in [6, 6.07) is 16.4. The van der Waals surface area contributed by atoms with Crippen molar-refractivity contribution in [1.29, 1.82) is 0 Å². The summed E-state index contributed by atoms with van der Waals surface area (Å²) >= 11 is 0. The number of nitrogens with zero attached hydrogens (tertiary/aromatic N) is 1. The second-order valence-electron chi connectivity index (χ2n) is 12.8. The zero-order chi connectivity index (χ0) is 30.6. The third-order valence-corrected chi connectivity index (χ3v) is 9.80. The number of halogens is 1. The monoisotopic (exact) mass is 607 g/mol. The molecule has 230 valence electrons. The molecule has 2 aliphatic rings. The average molecular weight is 608 g/mol. The lowest BCUT2D eigenvalue weighted by atomic mass is 9.86. The molecular formula is C34H42FN3O4S. The van der Waals surface area contributed by atoms with Crippen molar-refractivity contribution >= 4 is 27.4 Å². The SMILES string of the molecule is CC(C)(C)c1ccc(NC(=O)N2Cc3ccc(S(=O)(=O)Nc4ccc(OCCCC5CCCCC5)cc4F)cc3C2)cc1. The maximum atomic E-state index is 14.9. The fourth-order valence-electron chi connectivity index (χ4n) is 5.85. The first-order chi connectivity index (χ1) is 20.5. The van der Waals surface area contributed by atoms with Gasteiger partial charge < -0.3 is 15.0 Å². The van der Waals surface area contributed by atoms with Crippen LogP contribution in [0.4, 0.5) is 20.6 Å². The van der Waals surface area contributed by atoms with Crippen molar-refractivity contribution in [1.82, 2.24) is 4.90 Å². The summed E-state index contributed by atoms with van der Waals surface area (Å²) < 4.78 is 49.3. The number of amides is 2. The third-order valence-electron chi connectivity index (χ3n) is 8.43. The van der Waals surface area contributed by atoms with Gasteiger partial charge in [-0.3, -0.25) is 4.72 Å². The third kappa shape index (κ3) is 7.88. The lowest BCUT2D eigenvalue weighted by Gasteiger charge is -2.21. The average Bonchev–Trinajstić information content (AvgIpc) is 3.41. The Balaban J connectivity index is 1.16. The van der Waals surface area contributed by atoms with Crippen molar-refractivity contribution in [2.75, 3.05) is 16.6 Å². The molecule has 1 aliphatic heterocycles. The molecule has 0 saturated heterocycles. The molecule has 2 amide bonds. The number of urea groups is 1.